The Morgan fingerprint density at radius 3 is 2.18 bits per heavy atom. The van der Waals surface area contributed by atoms with E-state index >= 15 is 0 Å². The number of hydrogen-bond donors (Lipinski definition) is 2. The molecule has 3 heteroatoms. The Balaban J connectivity index is 0.000001000. The molecule has 0 fully saturated rings. The Kier molecular flexibility index (Phi) is 4.42. The van der Waals surface area contributed by atoms with Gasteiger partial charge in [0.1, 0.15) is 6.26 Å². The van der Waals surface area contributed by atoms with Crippen molar-refractivity contribution in [1.29, 1.82) is 0 Å². The summed E-state index contributed by atoms with van der Waals surface area (Å²) in [6.07, 6.45) is 0.676. The smallest absolute Gasteiger partial charge is 0.157 e. The minimum atomic E-state index is -0.111. The van der Waals surface area contributed by atoms with Crippen molar-refractivity contribution < 1.29 is 27.3 Å². The molecule has 2 nitrogen and oxygen atoms in total. The third-order valence-corrected chi connectivity index (χ3v) is 1.19. The molecule has 1 aromatic carbocycles. The van der Waals surface area contributed by atoms with E-state index in [0.717, 1.165) is 0 Å². The topological polar surface area (TPSA) is 40.5 Å². The fourth-order valence-electron chi connectivity index (χ4n) is 0.683. The van der Waals surface area contributed by atoms with Crippen LogP contribution in [0.4, 0.5) is 0 Å². The van der Waals surface area contributed by atoms with Gasteiger partial charge in [-0.3, -0.25) is 0 Å². The molecule has 0 bridgehead atoms. The molecule has 0 heterocycles. The summed E-state index contributed by atoms with van der Waals surface area (Å²) in [7, 11) is 0. The van der Waals surface area contributed by atoms with Crippen LogP contribution < -0.4 is 0 Å². The molecule has 0 aliphatic carbocycles. The van der Waals surface area contributed by atoms with Gasteiger partial charge >= 0.3 is 0 Å². The van der Waals surface area contributed by atoms with Crippen LogP contribution in [0.1, 0.15) is 5.56 Å². The second-order valence-electron chi connectivity index (χ2n) is 1.88. The molecule has 0 spiro atoms. The van der Waals surface area contributed by atoms with Crippen molar-refractivity contribution in [2.45, 2.75) is 0 Å². The van der Waals surface area contributed by atoms with E-state index < -0.39 is 0 Å². The summed E-state index contributed by atoms with van der Waals surface area (Å²) in [5, 5.41) is 17.3. The molecule has 1 radical (unpaired) electrons. The van der Waals surface area contributed by atoms with Crippen molar-refractivity contribution in [3.8, 4) is 0 Å². The normalized spacial score (nSPS) is 10.4. The summed E-state index contributed by atoms with van der Waals surface area (Å²) < 4.78 is 0. The average Bonchev–Trinajstić information content (AvgIpc) is 2.05. The first-order valence-electron chi connectivity index (χ1n) is 2.93. The zero-order valence-electron chi connectivity index (χ0n) is 5.66. The molecule has 0 aromatic heterocycles. The Morgan fingerprint density at radius 1 is 1.18 bits per heavy atom. The van der Waals surface area contributed by atoms with Crippen LogP contribution in [0.15, 0.2) is 36.6 Å². The van der Waals surface area contributed by atoms with E-state index in [1.54, 1.807) is 24.3 Å². The minimum absolute atomic E-state index is 0. The summed E-state index contributed by atoms with van der Waals surface area (Å²) in [5.74, 6) is -0.111. The van der Waals surface area contributed by atoms with E-state index in [2.05, 4.69) is 0 Å². The number of benzene rings is 1. The molecule has 2 N–H and O–H groups in total. The molecule has 0 saturated carbocycles. The standard InChI is InChI=1S/C8H8O2.Cu/c9-6-8(10)7-4-2-1-3-5-7;/h1-6,9-10H;/b8-6-;. The van der Waals surface area contributed by atoms with Gasteiger partial charge in [-0.25, -0.2) is 0 Å². The van der Waals surface area contributed by atoms with Crippen molar-refractivity contribution in [3.05, 3.63) is 42.2 Å². The second-order valence-corrected chi connectivity index (χ2v) is 1.88. The van der Waals surface area contributed by atoms with E-state index in [4.69, 9.17) is 10.2 Å². The third kappa shape index (κ3) is 2.66. The largest absolute Gasteiger partial charge is 0.512 e. The van der Waals surface area contributed by atoms with E-state index in [0.29, 0.717) is 11.8 Å². The Morgan fingerprint density at radius 2 is 1.73 bits per heavy atom. The van der Waals surface area contributed by atoms with Gasteiger partial charge in [0.2, 0.25) is 0 Å². The Labute approximate surface area is 75.7 Å². The van der Waals surface area contributed by atoms with Gasteiger partial charge in [-0.05, 0) is 0 Å². The zero-order valence-corrected chi connectivity index (χ0v) is 6.60. The van der Waals surface area contributed by atoms with Gasteiger partial charge in [0, 0.05) is 22.6 Å². The van der Waals surface area contributed by atoms with Crippen LogP contribution in [0.25, 0.3) is 5.76 Å². The molecule has 1 aromatic rings. The van der Waals surface area contributed by atoms with Crippen molar-refractivity contribution >= 4 is 5.76 Å². The second kappa shape index (κ2) is 4.83. The molecular formula is C8H8CuO2. The number of hydrogen-bond acceptors (Lipinski definition) is 2. The van der Waals surface area contributed by atoms with E-state index in [-0.39, 0.29) is 22.8 Å². The van der Waals surface area contributed by atoms with E-state index in [9.17, 15) is 0 Å². The quantitative estimate of drug-likeness (QED) is 0.537. The van der Waals surface area contributed by atoms with Crippen molar-refractivity contribution in [1.82, 2.24) is 0 Å². The van der Waals surface area contributed by atoms with Gasteiger partial charge in [-0.1, -0.05) is 30.3 Å². The van der Waals surface area contributed by atoms with Crippen molar-refractivity contribution in [3.63, 3.8) is 0 Å². The summed E-state index contributed by atoms with van der Waals surface area (Å²) >= 11 is 0. The van der Waals surface area contributed by atoms with Crippen LogP contribution in [0.5, 0.6) is 0 Å². The third-order valence-electron chi connectivity index (χ3n) is 1.19. The molecule has 11 heavy (non-hydrogen) atoms. The first-order chi connectivity index (χ1) is 4.84. The fraction of sp³-hybridized carbons (Fsp3) is 0. The maximum atomic E-state index is 8.94. The molecule has 1 rings (SSSR count). The monoisotopic (exact) mass is 199 g/mol. The Bertz CT molecular complexity index is 231. The molecule has 0 aliphatic heterocycles. The fourth-order valence-corrected chi connectivity index (χ4v) is 0.683. The maximum absolute atomic E-state index is 8.94. The number of rotatable bonds is 1. The van der Waals surface area contributed by atoms with E-state index in [1.807, 2.05) is 6.07 Å². The van der Waals surface area contributed by atoms with E-state index in [1.165, 1.54) is 0 Å². The van der Waals surface area contributed by atoms with Crippen LogP contribution >= 0.6 is 0 Å². The van der Waals surface area contributed by atoms with Crippen LogP contribution in [0, 0.1) is 0 Å². The van der Waals surface area contributed by atoms with Gasteiger partial charge in [-0.2, -0.15) is 0 Å². The predicted molar refractivity (Wildman–Crippen MR) is 39.7 cm³/mol. The van der Waals surface area contributed by atoms with Gasteiger partial charge in [0.05, 0.1) is 0 Å². The number of aliphatic hydroxyl groups is 2. The SMILES string of the molecule is O/C=C(\O)c1ccccc1.[Cu]. The van der Waals surface area contributed by atoms with Crippen LogP contribution in [-0.4, -0.2) is 10.2 Å². The average molecular weight is 200 g/mol. The molecule has 0 unspecified atom stereocenters. The van der Waals surface area contributed by atoms with Crippen LogP contribution in [-0.2, 0) is 17.1 Å². The minimum Gasteiger partial charge on any atom is -0.512 e. The molecule has 0 aliphatic rings. The van der Waals surface area contributed by atoms with Gasteiger partial charge in [0.15, 0.2) is 5.76 Å². The van der Waals surface area contributed by atoms with Gasteiger partial charge in [-0.15, -0.1) is 0 Å². The summed E-state index contributed by atoms with van der Waals surface area (Å²) in [6.45, 7) is 0. The summed E-state index contributed by atoms with van der Waals surface area (Å²) in [4.78, 5) is 0. The van der Waals surface area contributed by atoms with Crippen molar-refractivity contribution in [2.24, 2.45) is 0 Å². The molecule has 63 valence electrons. The molecule has 0 amide bonds. The first kappa shape index (κ1) is 10.1. The first-order valence-corrected chi connectivity index (χ1v) is 2.93. The van der Waals surface area contributed by atoms with Gasteiger partial charge in [0.25, 0.3) is 0 Å². The summed E-state index contributed by atoms with van der Waals surface area (Å²) in [5.41, 5.74) is 0.616. The molecule has 0 saturated heterocycles. The Hall–Kier alpha value is -0.921. The maximum Gasteiger partial charge on any atom is 0.157 e. The molecular weight excluding hydrogens is 192 g/mol. The van der Waals surface area contributed by atoms with Crippen molar-refractivity contribution in [2.75, 3.05) is 0 Å². The van der Waals surface area contributed by atoms with Gasteiger partial charge < -0.3 is 10.2 Å². The van der Waals surface area contributed by atoms with Crippen LogP contribution in [0.3, 0.4) is 0 Å². The summed E-state index contributed by atoms with van der Waals surface area (Å²) in [6, 6.07) is 8.84. The number of aliphatic hydroxyl groups excluding tert-OH is 2. The molecule has 0 atom stereocenters. The zero-order chi connectivity index (χ0) is 7.40. The predicted octanol–water partition coefficient (Wildman–Crippen LogP) is 2.10. The van der Waals surface area contributed by atoms with Crippen LogP contribution in [0.2, 0.25) is 0 Å².